The Hall–Kier alpha value is -3.74. The minimum Gasteiger partial charge on any atom is -0.497 e. The molecule has 178 valence electrons. The van der Waals surface area contributed by atoms with Gasteiger partial charge in [-0.25, -0.2) is 0 Å². The number of fused-ring (bicyclic) bond motifs is 1. The number of aromatic nitrogens is 1. The van der Waals surface area contributed by atoms with Crippen molar-refractivity contribution in [3.63, 3.8) is 0 Å². The molecular weight excluding hydrogens is 430 g/mol. The molecule has 0 saturated heterocycles. The minimum absolute atomic E-state index is 0.0138. The molecular formula is C27H31N3O4. The Morgan fingerprint density at radius 1 is 1.00 bits per heavy atom. The summed E-state index contributed by atoms with van der Waals surface area (Å²) < 4.78 is 13.1. The van der Waals surface area contributed by atoms with Crippen molar-refractivity contribution in [1.29, 1.82) is 0 Å². The highest BCUT2D eigenvalue weighted by atomic mass is 16.5. The van der Waals surface area contributed by atoms with Crippen molar-refractivity contribution in [3.05, 3.63) is 83.7 Å². The molecule has 0 spiro atoms. The lowest BCUT2D eigenvalue weighted by Gasteiger charge is -2.39. The molecule has 34 heavy (non-hydrogen) atoms. The zero-order chi connectivity index (χ0) is 24.2. The van der Waals surface area contributed by atoms with Crippen molar-refractivity contribution >= 4 is 11.8 Å². The van der Waals surface area contributed by atoms with E-state index in [2.05, 4.69) is 4.57 Å². The summed E-state index contributed by atoms with van der Waals surface area (Å²) >= 11 is 0. The van der Waals surface area contributed by atoms with Crippen LogP contribution in [-0.4, -0.2) is 59.5 Å². The Balaban J connectivity index is 1.65. The lowest BCUT2D eigenvalue weighted by Crippen LogP contribution is -2.49. The highest BCUT2D eigenvalue weighted by Crippen LogP contribution is 2.37. The lowest BCUT2D eigenvalue weighted by molar-refractivity contribution is -0.135. The molecule has 3 aromatic rings. The van der Waals surface area contributed by atoms with Crippen LogP contribution in [0.2, 0.25) is 0 Å². The van der Waals surface area contributed by atoms with Gasteiger partial charge in [0.2, 0.25) is 5.91 Å². The number of hydrogen-bond acceptors (Lipinski definition) is 4. The van der Waals surface area contributed by atoms with E-state index in [0.717, 1.165) is 17.0 Å². The van der Waals surface area contributed by atoms with Crippen LogP contribution in [0.5, 0.6) is 11.5 Å². The summed E-state index contributed by atoms with van der Waals surface area (Å²) in [5, 5.41) is 0. The fraction of sp³-hybridized carbons (Fsp3) is 0.333. The van der Waals surface area contributed by atoms with E-state index in [1.807, 2.05) is 61.3 Å². The molecule has 0 saturated carbocycles. The number of methoxy groups -OCH3 is 2. The van der Waals surface area contributed by atoms with E-state index >= 15 is 0 Å². The first-order valence-electron chi connectivity index (χ1n) is 11.5. The van der Waals surface area contributed by atoms with E-state index in [1.54, 1.807) is 43.4 Å². The van der Waals surface area contributed by atoms with Crippen LogP contribution >= 0.6 is 0 Å². The second-order valence-corrected chi connectivity index (χ2v) is 8.62. The third-order valence-electron chi connectivity index (χ3n) is 6.30. The number of rotatable bonds is 7. The van der Waals surface area contributed by atoms with Gasteiger partial charge in [0.05, 0.1) is 14.2 Å². The number of carbonyl (C=O) groups excluding carboxylic acids is 2. The van der Waals surface area contributed by atoms with Gasteiger partial charge in [-0.2, -0.15) is 0 Å². The summed E-state index contributed by atoms with van der Waals surface area (Å²) in [7, 11) is 3.21. The molecule has 0 radical (unpaired) electrons. The maximum absolute atomic E-state index is 13.7. The maximum Gasteiger partial charge on any atom is 0.254 e. The largest absolute Gasteiger partial charge is 0.497 e. The Bertz CT molecular complexity index is 1170. The number of hydrogen-bond donors (Lipinski definition) is 0. The molecule has 0 N–H and O–H groups in total. The first kappa shape index (κ1) is 23.4. The van der Waals surface area contributed by atoms with Crippen LogP contribution in [0.1, 0.15) is 41.5 Å². The van der Waals surface area contributed by atoms with Gasteiger partial charge in [0.15, 0.2) is 0 Å². The molecule has 2 aromatic carbocycles. The molecule has 1 aliphatic heterocycles. The van der Waals surface area contributed by atoms with Gasteiger partial charge in [-0.15, -0.1) is 0 Å². The van der Waals surface area contributed by atoms with E-state index in [-0.39, 0.29) is 30.4 Å². The van der Waals surface area contributed by atoms with E-state index in [0.29, 0.717) is 24.4 Å². The minimum atomic E-state index is -0.298. The lowest BCUT2D eigenvalue weighted by atomic mass is 9.98. The molecule has 0 aliphatic carbocycles. The summed E-state index contributed by atoms with van der Waals surface area (Å²) in [4.78, 5) is 30.6. The number of benzene rings is 2. The van der Waals surface area contributed by atoms with E-state index < -0.39 is 0 Å². The Morgan fingerprint density at radius 3 is 2.53 bits per heavy atom. The molecule has 1 atom stereocenters. The topological polar surface area (TPSA) is 64.0 Å². The zero-order valence-corrected chi connectivity index (χ0v) is 20.1. The van der Waals surface area contributed by atoms with Gasteiger partial charge in [-0.1, -0.05) is 24.3 Å². The van der Waals surface area contributed by atoms with Crippen molar-refractivity contribution < 1.29 is 19.1 Å². The van der Waals surface area contributed by atoms with Crippen LogP contribution < -0.4 is 9.47 Å². The van der Waals surface area contributed by atoms with Gasteiger partial charge >= 0.3 is 0 Å². The quantitative estimate of drug-likeness (QED) is 0.534. The average Bonchev–Trinajstić information content (AvgIpc) is 3.35. The predicted molar refractivity (Wildman–Crippen MR) is 130 cm³/mol. The van der Waals surface area contributed by atoms with E-state index in [4.69, 9.17) is 9.47 Å². The van der Waals surface area contributed by atoms with Gasteiger partial charge in [-0.3, -0.25) is 9.59 Å². The maximum atomic E-state index is 13.7. The molecule has 0 bridgehead atoms. The smallest absolute Gasteiger partial charge is 0.254 e. The second kappa shape index (κ2) is 10.0. The summed E-state index contributed by atoms with van der Waals surface area (Å²) in [6.45, 7) is 5.07. The highest BCUT2D eigenvalue weighted by molar-refractivity contribution is 5.97. The molecule has 0 fully saturated rings. The second-order valence-electron chi connectivity index (χ2n) is 8.62. The summed E-state index contributed by atoms with van der Waals surface area (Å²) in [5.74, 6) is 1.03. The van der Waals surface area contributed by atoms with Gasteiger partial charge in [0, 0.05) is 42.1 Å². The standard InChI is InChI=1S/C27H31N3O4/c1-19(2)30(27(32)20-9-7-10-21(17-20)33-3)18-25(31)29-16-15-28-14-8-12-23(28)26(29)22-11-5-6-13-24(22)34-4/h5-14,17,19,26H,15-16,18H2,1-4H3. The summed E-state index contributed by atoms with van der Waals surface area (Å²) in [6.07, 6.45) is 2.03. The first-order valence-corrected chi connectivity index (χ1v) is 11.5. The van der Waals surface area contributed by atoms with Gasteiger partial charge < -0.3 is 23.8 Å². The van der Waals surface area contributed by atoms with Crippen molar-refractivity contribution in [2.24, 2.45) is 0 Å². The normalized spacial score (nSPS) is 15.1. The monoisotopic (exact) mass is 461 g/mol. The number of amides is 2. The number of carbonyl (C=O) groups is 2. The van der Waals surface area contributed by atoms with Crippen LogP contribution in [0.3, 0.4) is 0 Å². The van der Waals surface area contributed by atoms with Gasteiger partial charge in [-0.05, 0) is 50.2 Å². The van der Waals surface area contributed by atoms with Crippen LogP contribution in [0.25, 0.3) is 0 Å². The molecule has 7 nitrogen and oxygen atoms in total. The summed E-state index contributed by atoms with van der Waals surface area (Å²) in [5.41, 5.74) is 2.45. The predicted octanol–water partition coefficient (Wildman–Crippen LogP) is 3.99. The van der Waals surface area contributed by atoms with Crippen molar-refractivity contribution in [2.45, 2.75) is 32.5 Å². The molecule has 1 unspecified atom stereocenters. The molecule has 2 amide bonds. The molecule has 1 aliphatic rings. The fourth-order valence-electron chi connectivity index (χ4n) is 4.52. The Morgan fingerprint density at radius 2 is 1.79 bits per heavy atom. The van der Waals surface area contributed by atoms with Crippen molar-refractivity contribution in [1.82, 2.24) is 14.4 Å². The average molecular weight is 462 g/mol. The van der Waals surface area contributed by atoms with Crippen LogP contribution in [-0.2, 0) is 11.3 Å². The highest BCUT2D eigenvalue weighted by Gasteiger charge is 2.35. The number of ether oxygens (including phenoxy) is 2. The third-order valence-corrected chi connectivity index (χ3v) is 6.30. The Labute approximate surface area is 200 Å². The third kappa shape index (κ3) is 4.51. The number of nitrogens with zero attached hydrogens (tertiary/aromatic N) is 3. The zero-order valence-electron chi connectivity index (χ0n) is 20.1. The van der Waals surface area contributed by atoms with Crippen LogP contribution in [0.4, 0.5) is 0 Å². The molecule has 1 aromatic heterocycles. The number of para-hydroxylation sites is 1. The van der Waals surface area contributed by atoms with Crippen molar-refractivity contribution in [2.75, 3.05) is 27.3 Å². The Kier molecular flexibility index (Phi) is 6.91. The van der Waals surface area contributed by atoms with E-state index in [1.165, 1.54) is 0 Å². The van der Waals surface area contributed by atoms with Crippen LogP contribution in [0.15, 0.2) is 66.9 Å². The molecule has 7 heteroatoms. The molecule has 4 rings (SSSR count). The first-order chi connectivity index (χ1) is 16.4. The van der Waals surface area contributed by atoms with Crippen molar-refractivity contribution in [3.8, 4) is 11.5 Å². The SMILES string of the molecule is COc1cccc(C(=O)N(CC(=O)N2CCn3cccc3C2c2ccccc2OC)C(C)C)c1. The van der Waals surface area contributed by atoms with Gasteiger partial charge in [0.1, 0.15) is 24.1 Å². The fourth-order valence-corrected chi connectivity index (χ4v) is 4.52. The van der Waals surface area contributed by atoms with Gasteiger partial charge in [0.25, 0.3) is 5.91 Å². The van der Waals surface area contributed by atoms with E-state index in [9.17, 15) is 9.59 Å². The van der Waals surface area contributed by atoms with Crippen LogP contribution in [0, 0.1) is 0 Å². The molecule has 2 heterocycles. The summed E-state index contributed by atoms with van der Waals surface area (Å²) in [6, 6.07) is 18.4.